The fourth-order valence-corrected chi connectivity index (χ4v) is 5.03. The highest BCUT2D eigenvalue weighted by molar-refractivity contribution is 5.83. The molecule has 5 heterocycles. The van der Waals surface area contributed by atoms with E-state index in [0.29, 0.717) is 13.1 Å². The van der Waals surface area contributed by atoms with E-state index in [1.54, 1.807) is 0 Å². The van der Waals surface area contributed by atoms with Crippen LogP contribution in [0.3, 0.4) is 0 Å². The quantitative estimate of drug-likeness (QED) is 0.363. The van der Waals surface area contributed by atoms with Crippen molar-refractivity contribution in [1.82, 2.24) is 35.8 Å². The summed E-state index contributed by atoms with van der Waals surface area (Å²) in [4.78, 5) is 27.6. The summed E-state index contributed by atoms with van der Waals surface area (Å²) in [6.07, 6.45) is 5.38. The Labute approximate surface area is 192 Å². The minimum atomic E-state index is -0.597. The van der Waals surface area contributed by atoms with Gasteiger partial charge in [-0.2, -0.15) is 16.1 Å². The molecule has 3 fully saturated rings. The molecule has 2 unspecified atom stereocenters. The van der Waals surface area contributed by atoms with Crippen molar-refractivity contribution in [3.63, 3.8) is 0 Å². The third-order valence-electron chi connectivity index (χ3n) is 6.72. The second-order valence-corrected chi connectivity index (χ2v) is 9.13. The Morgan fingerprint density at radius 2 is 2.21 bits per heavy atom. The van der Waals surface area contributed by atoms with E-state index in [0.717, 1.165) is 61.5 Å². The lowest BCUT2D eigenvalue weighted by Gasteiger charge is -2.36. The minimum absolute atomic E-state index is 0.0234. The Balaban J connectivity index is 1.39. The zero-order valence-electron chi connectivity index (χ0n) is 18.9. The van der Waals surface area contributed by atoms with Gasteiger partial charge in [0.1, 0.15) is 18.0 Å². The molecule has 0 spiro atoms. The summed E-state index contributed by atoms with van der Waals surface area (Å²) in [5, 5.41) is 17.0. The summed E-state index contributed by atoms with van der Waals surface area (Å²) in [6, 6.07) is 1.45. The second kappa shape index (κ2) is 9.49. The van der Waals surface area contributed by atoms with E-state index in [1.807, 2.05) is 28.6 Å². The van der Waals surface area contributed by atoms with Gasteiger partial charge in [-0.05, 0) is 32.6 Å². The number of aromatic nitrogens is 3. The van der Waals surface area contributed by atoms with Crippen molar-refractivity contribution in [3.05, 3.63) is 23.5 Å². The van der Waals surface area contributed by atoms with Crippen molar-refractivity contribution >= 4 is 17.4 Å². The van der Waals surface area contributed by atoms with Gasteiger partial charge in [0.15, 0.2) is 5.65 Å². The highest BCUT2D eigenvalue weighted by Crippen LogP contribution is 2.32. The lowest BCUT2D eigenvalue weighted by molar-refractivity contribution is -0.139. The molecule has 3 aliphatic heterocycles. The number of anilines is 1. The summed E-state index contributed by atoms with van der Waals surface area (Å²) < 4.78 is 1.81. The summed E-state index contributed by atoms with van der Waals surface area (Å²) >= 11 is 0. The number of nitrogens with one attached hydrogen (secondary N) is 3. The van der Waals surface area contributed by atoms with E-state index in [9.17, 15) is 4.79 Å². The number of piperidine rings is 1. The van der Waals surface area contributed by atoms with E-state index in [1.165, 1.54) is 0 Å². The zero-order valence-corrected chi connectivity index (χ0v) is 18.9. The van der Waals surface area contributed by atoms with E-state index in [-0.39, 0.29) is 24.6 Å². The molecule has 0 aromatic carbocycles. The third kappa shape index (κ3) is 4.42. The number of aliphatic hydroxyl groups is 1. The molecule has 180 valence electrons. The first-order chi connectivity index (χ1) is 16.0. The van der Waals surface area contributed by atoms with Gasteiger partial charge in [0, 0.05) is 50.0 Å². The molecule has 0 aliphatic carbocycles. The van der Waals surface area contributed by atoms with Gasteiger partial charge in [-0.3, -0.25) is 10.1 Å². The van der Waals surface area contributed by atoms with Crippen LogP contribution in [-0.4, -0.2) is 81.5 Å². The highest BCUT2D eigenvalue weighted by atomic mass is 16.8. The molecule has 2 aromatic heterocycles. The Kier molecular flexibility index (Phi) is 6.45. The van der Waals surface area contributed by atoms with E-state index < -0.39 is 12.2 Å². The maximum atomic E-state index is 13.5. The number of hydrogen-bond acceptors (Lipinski definition) is 10. The molecule has 2 aromatic rings. The van der Waals surface area contributed by atoms with Crippen molar-refractivity contribution in [2.24, 2.45) is 5.73 Å². The average molecular weight is 460 g/mol. The van der Waals surface area contributed by atoms with Crippen LogP contribution < -0.4 is 26.9 Å². The first-order valence-corrected chi connectivity index (χ1v) is 11.7. The average Bonchev–Trinajstić information content (AvgIpc) is 3.56. The maximum Gasteiger partial charge on any atom is 0.245 e. The van der Waals surface area contributed by atoms with Crippen LogP contribution in [0.1, 0.15) is 43.0 Å². The van der Waals surface area contributed by atoms with E-state index >= 15 is 0 Å². The number of nitrogens with two attached hydrogens (primary N) is 1. The van der Waals surface area contributed by atoms with Gasteiger partial charge in [0.2, 0.25) is 5.91 Å². The Morgan fingerprint density at radius 1 is 1.33 bits per heavy atom. The van der Waals surface area contributed by atoms with Crippen molar-refractivity contribution < 1.29 is 14.8 Å². The summed E-state index contributed by atoms with van der Waals surface area (Å²) in [5.74, 6) is 0.891. The second-order valence-electron chi connectivity index (χ2n) is 9.13. The molecule has 6 N–H and O–H groups in total. The number of aryl methyl sites for hydroxylation is 1. The normalized spacial score (nSPS) is 28.2. The SMILES string of the molecule is Cc1cn2nc([C@@H]3CCCCN3C(=O)C3NONC3NCCO)cc2nc1N1CC[C@H](N)C1. The summed E-state index contributed by atoms with van der Waals surface area (Å²) in [6.45, 7) is 4.76. The van der Waals surface area contributed by atoms with E-state index in [2.05, 4.69) is 21.2 Å². The number of nitrogens with zero attached hydrogens (tertiary/aromatic N) is 5. The van der Waals surface area contributed by atoms with Crippen LogP contribution >= 0.6 is 0 Å². The Hall–Kier alpha value is -2.35. The van der Waals surface area contributed by atoms with Crippen LogP contribution in [-0.2, 0) is 9.73 Å². The lowest BCUT2D eigenvalue weighted by Crippen LogP contribution is -2.56. The van der Waals surface area contributed by atoms with Gasteiger partial charge in [-0.25, -0.2) is 14.4 Å². The van der Waals surface area contributed by atoms with Gasteiger partial charge in [0.25, 0.3) is 0 Å². The highest BCUT2D eigenvalue weighted by Gasteiger charge is 2.40. The van der Waals surface area contributed by atoms with Gasteiger partial charge in [-0.1, -0.05) is 0 Å². The molecular weight excluding hydrogens is 426 g/mol. The minimum Gasteiger partial charge on any atom is -0.395 e. The molecule has 12 heteroatoms. The molecule has 4 atom stereocenters. The fourth-order valence-electron chi connectivity index (χ4n) is 5.03. The predicted octanol–water partition coefficient (Wildman–Crippen LogP) is -1.06. The number of aliphatic hydroxyl groups excluding tert-OH is 1. The van der Waals surface area contributed by atoms with Crippen LogP contribution in [0.5, 0.6) is 0 Å². The molecule has 0 bridgehead atoms. The zero-order chi connectivity index (χ0) is 22.9. The number of rotatable bonds is 6. The number of hydroxylamine groups is 2. The number of amides is 1. The molecule has 33 heavy (non-hydrogen) atoms. The predicted molar refractivity (Wildman–Crippen MR) is 121 cm³/mol. The molecule has 12 nitrogen and oxygen atoms in total. The monoisotopic (exact) mass is 459 g/mol. The van der Waals surface area contributed by atoms with Gasteiger partial charge >= 0.3 is 0 Å². The Bertz CT molecular complexity index is 999. The van der Waals surface area contributed by atoms with Gasteiger partial charge in [0.05, 0.1) is 18.3 Å². The molecule has 1 amide bonds. The van der Waals surface area contributed by atoms with Crippen LogP contribution in [0.15, 0.2) is 12.3 Å². The number of carbonyl (C=O) groups excluding carboxylic acids is 1. The lowest BCUT2D eigenvalue weighted by atomic mass is 9.98. The third-order valence-corrected chi connectivity index (χ3v) is 6.72. The molecule has 5 rings (SSSR count). The molecular formula is C21H33N9O3. The number of likely N-dealkylation sites (tertiary alicyclic amines) is 1. The fraction of sp³-hybridized carbons (Fsp3) is 0.667. The Morgan fingerprint density at radius 3 is 3.00 bits per heavy atom. The van der Waals surface area contributed by atoms with Crippen molar-refractivity contribution in [2.45, 2.75) is 56.9 Å². The van der Waals surface area contributed by atoms with Crippen molar-refractivity contribution in [3.8, 4) is 0 Å². The van der Waals surface area contributed by atoms with Crippen LogP contribution in [0.25, 0.3) is 5.65 Å². The topological polar surface area (TPSA) is 145 Å². The van der Waals surface area contributed by atoms with E-state index in [4.69, 9.17) is 25.9 Å². The maximum absolute atomic E-state index is 13.5. The number of carbonyl (C=O) groups is 1. The smallest absolute Gasteiger partial charge is 0.245 e. The van der Waals surface area contributed by atoms with Crippen LogP contribution in [0, 0.1) is 6.92 Å². The first kappa shape index (κ1) is 22.4. The van der Waals surface area contributed by atoms with Crippen molar-refractivity contribution in [2.75, 3.05) is 37.7 Å². The largest absolute Gasteiger partial charge is 0.395 e. The standard InChI is InChI=1S/C21H33N9O3/c1-13-11-30-17(24-20(13)28-8-5-14(22)12-28)10-15(25-30)16-4-2-3-7-29(16)21(32)18-19(23-6-9-31)27-33-26-18/h10-11,14,16,18-19,23,26-27,31H,2-9,12,22H2,1H3/t14-,16-,18?,19?/m0/s1. The summed E-state index contributed by atoms with van der Waals surface area (Å²) in [7, 11) is 0. The number of fused-ring (bicyclic) bond motifs is 1. The first-order valence-electron chi connectivity index (χ1n) is 11.7. The van der Waals surface area contributed by atoms with Gasteiger partial charge < -0.3 is 20.6 Å². The molecule has 3 aliphatic rings. The molecule has 3 saturated heterocycles. The van der Waals surface area contributed by atoms with Gasteiger partial charge in [-0.15, -0.1) is 0 Å². The van der Waals surface area contributed by atoms with Crippen molar-refractivity contribution in [1.29, 1.82) is 0 Å². The molecule has 0 radical (unpaired) electrons. The van der Waals surface area contributed by atoms with Crippen LogP contribution in [0.2, 0.25) is 0 Å². The molecule has 0 saturated carbocycles. The number of hydrogen-bond donors (Lipinski definition) is 5. The van der Waals surface area contributed by atoms with Crippen LogP contribution in [0.4, 0.5) is 5.82 Å². The summed E-state index contributed by atoms with van der Waals surface area (Å²) in [5.41, 5.74) is 14.3.